The molecule has 0 bridgehead atoms. The first-order chi connectivity index (χ1) is 6.58. The van der Waals surface area contributed by atoms with E-state index in [4.69, 9.17) is 11.6 Å². The highest BCUT2D eigenvalue weighted by Crippen LogP contribution is 2.33. The van der Waals surface area contributed by atoms with Gasteiger partial charge in [0.25, 0.3) is 5.69 Å². The highest BCUT2D eigenvalue weighted by Gasteiger charge is 2.23. The number of amides is 1. The molecule has 0 radical (unpaired) electrons. The number of nitro groups is 1. The SMILES string of the molecule is O=C1Cc2cc([N+](=O)[O-])c(Cl)cc2N1. The van der Waals surface area contributed by atoms with Crippen molar-refractivity contribution < 1.29 is 9.72 Å². The maximum Gasteiger partial charge on any atom is 0.288 e. The molecule has 0 saturated carbocycles. The molecule has 1 heterocycles. The number of carbonyl (C=O) groups is 1. The minimum absolute atomic E-state index is 0.0379. The molecule has 1 aromatic rings. The molecule has 1 aliphatic heterocycles. The number of rotatable bonds is 1. The van der Waals surface area contributed by atoms with Crippen LogP contribution in [0, 0.1) is 10.1 Å². The fourth-order valence-electron chi connectivity index (χ4n) is 1.37. The first kappa shape index (κ1) is 8.96. The van der Waals surface area contributed by atoms with Crippen LogP contribution in [0.15, 0.2) is 12.1 Å². The molecule has 1 N–H and O–H groups in total. The molecule has 0 atom stereocenters. The van der Waals surface area contributed by atoms with Crippen molar-refractivity contribution in [2.75, 3.05) is 5.32 Å². The van der Waals surface area contributed by atoms with Crippen molar-refractivity contribution in [2.45, 2.75) is 6.42 Å². The van der Waals surface area contributed by atoms with Crippen LogP contribution in [-0.2, 0) is 11.2 Å². The number of anilines is 1. The van der Waals surface area contributed by atoms with E-state index in [1.807, 2.05) is 0 Å². The lowest BCUT2D eigenvalue weighted by molar-refractivity contribution is -0.384. The third kappa shape index (κ3) is 1.31. The molecule has 0 aromatic heterocycles. The summed E-state index contributed by atoms with van der Waals surface area (Å²) in [5.74, 6) is -0.170. The van der Waals surface area contributed by atoms with Gasteiger partial charge in [0.1, 0.15) is 5.02 Å². The minimum Gasteiger partial charge on any atom is -0.325 e. The Morgan fingerprint density at radius 3 is 2.86 bits per heavy atom. The van der Waals surface area contributed by atoms with Crippen LogP contribution in [0.3, 0.4) is 0 Å². The van der Waals surface area contributed by atoms with E-state index in [9.17, 15) is 14.9 Å². The first-order valence-corrected chi connectivity index (χ1v) is 4.22. The van der Waals surface area contributed by atoms with Gasteiger partial charge in [-0.05, 0) is 11.6 Å². The number of carbonyl (C=O) groups excluding carboxylic acids is 1. The Kier molecular flexibility index (Phi) is 1.89. The normalized spacial score (nSPS) is 13.6. The number of benzene rings is 1. The van der Waals surface area contributed by atoms with Gasteiger partial charge in [-0.1, -0.05) is 11.6 Å². The standard InChI is InChI=1S/C8H5ClN2O3/c9-5-3-6-4(2-8(12)10-6)1-7(5)11(13)14/h1,3H,2H2,(H,10,12). The summed E-state index contributed by atoms with van der Waals surface area (Å²) < 4.78 is 0. The van der Waals surface area contributed by atoms with Gasteiger partial charge in [0.2, 0.25) is 5.91 Å². The van der Waals surface area contributed by atoms with Crippen LogP contribution in [0.25, 0.3) is 0 Å². The summed E-state index contributed by atoms with van der Waals surface area (Å²) in [5.41, 5.74) is 1.01. The molecule has 6 heteroatoms. The Hall–Kier alpha value is -1.62. The largest absolute Gasteiger partial charge is 0.325 e. The van der Waals surface area contributed by atoms with Crippen LogP contribution in [0.1, 0.15) is 5.56 Å². The minimum atomic E-state index is -0.564. The predicted octanol–water partition coefficient (Wildman–Crippen LogP) is 1.74. The smallest absolute Gasteiger partial charge is 0.288 e. The number of hydrogen-bond donors (Lipinski definition) is 1. The summed E-state index contributed by atoms with van der Waals surface area (Å²) in [6.45, 7) is 0. The molecule has 0 aliphatic carbocycles. The second-order valence-corrected chi connectivity index (χ2v) is 3.35. The lowest BCUT2D eigenvalue weighted by atomic mass is 10.1. The van der Waals surface area contributed by atoms with Crippen molar-refractivity contribution in [1.82, 2.24) is 0 Å². The van der Waals surface area contributed by atoms with Crippen molar-refractivity contribution >= 4 is 28.9 Å². The molecule has 0 fully saturated rings. The molecule has 1 aromatic carbocycles. The molecule has 5 nitrogen and oxygen atoms in total. The maximum absolute atomic E-state index is 11.0. The van der Waals surface area contributed by atoms with Crippen molar-refractivity contribution in [3.8, 4) is 0 Å². The Balaban J connectivity index is 2.55. The Bertz CT molecular complexity index is 444. The van der Waals surface area contributed by atoms with Crippen LogP contribution >= 0.6 is 11.6 Å². The molecule has 72 valence electrons. The highest BCUT2D eigenvalue weighted by atomic mass is 35.5. The van der Waals surface area contributed by atoms with E-state index < -0.39 is 4.92 Å². The first-order valence-electron chi connectivity index (χ1n) is 3.84. The van der Waals surface area contributed by atoms with Crippen molar-refractivity contribution in [2.24, 2.45) is 0 Å². The van der Waals surface area contributed by atoms with E-state index in [0.29, 0.717) is 11.3 Å². The van der Waals surface area contributed by atoms with E-state index >= 15 is 0 Å². The lowest BCUT2D eigenvalue weighted by Crippen LogP contribution is -2.03. The average molecular weight is 213 g/mol. The summed E-state index contributed by atoms with van der Waals surface area (Å²) in [6.07, 6.45) is 0.174. The fraction of sp³-hybridized carbons (Fsp3) is 0.125. The van der Waals surface area contributed by atoms with Gasteiger partial charge in [-0.3, -0.25) is 14.9 Å². The summed E-state index contributed by atoms with van der Waals surface area (Å²) >= 11 is 5.66. The zero-order valence-electron chi connectivity index (χ0n) is 6.91. The average Bonchev–Trinajstić information content (AvgIpc) is 2.42. The van der Waals surface area contributed by atoms with Gasteiger partial charge < -0.3 is 5.32 Å². The molecule has 0 saturated heterocycles. The van der Waals surface area contributed by atoms with Crippen LogP contribution in [0.4, 0.5) is 11.4 Å². The second kappa shape index (κ2) is 2.95. The number of halogens is 1. The van der Waals surface area contributed by atoms with Gasteiger partial charge in [-0.15, -0.1) is 0 Å². The number of nitro benzene ring substituents is 1. The van der Waals surface area contributed by atoms with E-state index in [2.05, 4.69) is 5.32 Å². The molecule has 0 unspecified atom stereocenters. The van der Waals surface area contributed by atoms with Crippen LogP contribution in [0.5, 0.6) is 0 Å². The summed E-state index contributed by atoms with van der Waals surface area (Å²) in [4.78, 5) is 20.9. The van der Waals surface area contributed by atoms with Gasteiger partial charge in [0.05, 0.1) is 11.3 Å². The van der Waals surface area contributed by atoms with Crippen molar-refractivity contribution in [3.63, 3.8) is 0 Å². The molecule has 2 rings (SSSR count). The number of nitrogens with one attached hydrogen (secondary N) is 1. The van der Waals surface area contributed by atoms with Crippen LogP contribution < -0.4 is 5.32 Å². The lowest BCUT2D eigenvalue weighted by Gasteiger charge is -1.99. The fourth-order valence-corrected chi connectivity index (χ4v) is 1.61. The molecule has 1 amide bonds. The monoisotopic (exact) mass is 212 g/mol. The van der Waals surface area contributed by atoms with Crippen LogP contribution in [0.2, 0.25) is 5.02 Å². The van der Waals surface area contributed by atoms with E-state index in [1.54, 1.807) is 0 Å². The number of hydrogen-bond acceptors (Lipinski definition) is 3. The Morgan fingerprint density at radius 1 is 1.50 bits per heavy atom. The molecule has 1 aliphatic rings. The topological polar surface area (TPSA) is 72.2 Å². The van der Waals surface area contributed by atoms with Gasteiger partial charge in [-0.25, -0.2) is 0 Å². The molecular formula is C8H5ClN2O3. The van der Waals surface area contributed by atoms with E-state index in [0.717, 1.165) is 0 Å². The predicted molar refractivity (Wildman–Crippen MR) is 50.4 cm³/mol. The van der Waals surface area contributed by atoms with Crippen molar-refractivity contribution in [1.29, 1.82) is 0 Å². The Labute approximate surface area is 83.8 Å². The van der Waals surface area contributed by atoms with Gasteiger partial charge in [0.15, 0.2) is 0 Å². The maximum atomic E-state index is 11.0. The molecule has 0 spiro atoms. The van der Waals surface area contributed by atoms with E-state index in [-0.39, 0.29) is 23.0 Å². The number of nitrogens with zero attached hydrogens (tertiary/aromatic N) is 1. The third-order valence-corrected chi connectivity index (χ3v) is 2.30. The van der Waals surface area contributed by atoms with Crippen LogP contribution in [-0.4, -0.2) is 10.8 Å². The quantitative estimate of drug-likeness (QED) is 0.569. The zero-order chi connectivity index (χ0) is 10.3. The molecule has 14 heavy (non-hydrogen) atoms. The Morgan fingerprint density at radius 2 is 2.21 bits per heavy atom. The zero-order valence-corrected chi connectivity index (χ0v) is 7.67. The van der Waals surface area contributed by atoms with Gasteiger partial charge in [0, 0.05) is 11.8 Å². The summed E-state index contributed by atoms with van der Waals surface area (Å²) in [7, 11) is 0. The second-order valence-electron chi connectivity index (χ2n) is 2.94. The highest BCUT2D eigenvalue weighted by molar-refractivity contribution is 6.33. The summed E-state index contributed by atoms with van der Waals surface area (Å²) in [6, 6.07) is 2.73. The number of fused-ring (bicyclic) bond motifs is 1. The van der Waals surface area contributed by atoms with Gasteiger partial charge >= 0.3 is 0 Å². The van der Waals surface area contributed by atoms with Gasteiger partial charge in [-0.2, -0.15) is 0 Å². The third-order valence-electron chi connectivity index (χ3n) is 1.99. The molecular weight excluding hydrogens is 208 g/mol. The van der Waals surface area contributed by atoms with E-state index in [1.165, 1.54) is 12.1 Å². The van der Waals surface area contributed by atoms with Crippen molar-refractivity contribution in [3.05, 3.63) is 32.8 Å². The summed E-state index contributed by atoms with van der Waals surface area (Å²) in [5, 5.41) is 13.1.